The van der Waals surface area contributed by atoms with Crippen LogP contribution in [0.1, 0.15) is 46.5 Å². The van der Waals surface area contributed by atoms with Crippen LogP contribution < -0.4 is 10.6 Å². The first kappa shape index (κ1) is 18.5. The largest absolute Gasteiger partial charge is 0.481 e. The molecule has 3 N–H and O–H groups in total. The molecule has 0 spiro atoms. The fraction of sp³-hybridized carbons (Fsp3) is 0.800. The van der Waals surface area contributed by atoms with Crippen LogP contribution in [0.25, 0.3) is 0 Å². The van der Waals surface area contributed by atoms with Gasteiger partial charge < -0.3 is 15.7 Å². The monoisotopic (exact) mass is 308 g/mol. The Bertz CT molecular complexity index is 426. The Kier molecular flexibility index (Phi) is 6.90. The van der Waals surface area contributed by atoms with Crippen LogP contribution >= 0.6 is 0 Å². The van der Waals surface area contributed by atoms with Crippen LogP contribution in [0.3, 0.4) is 0 Å². The van der Waals surface area contributed by atoms with E-state index in [9.17, 15) is 19.5 Å². The summed E-state index contributed by atoms with van der Waals surface area (Å²) in [6, 6.07) is -0.707. The highest BCUT2D eigenvalue weighted by Gasteiger charge is 2.45. The average molecular weight is 308 g/mol. The third-order valence-electron chi connectivity index (χ3n) is 4.72. The van der Waals surface area contributed by atoms with Crippen LogP contribution in [0.5, 0.6) is 0 Å². The van der Waals surface area contributed by atoms with Gasteiger partial charge in [0.2, 0.25) is 13.8 Å². The molecule has 1 fully saturated rings. The second kappa shape index (κ2) is 8.20. The maximum Gasteiger partial charge on any atom is 0.308 e. The predicted molar refractivity (Wildman–Crippen MR) is 83.6 cm³/mol. The third-order valence-corrected chi connectivity index (χ3v) is 4.72. The summed E-state index contributed by atoms with van der Waals surface area (Å²) in [5.74, 6) is -2.36. The summed E-state index contributed by atoms with van der Waals surface area (Å²) in [7, 11) is 5.21. The van der Waals surface area contributed by atoms with Crippen LogP contribution in [-0.2, 0) is 9.59 Å². The Labute approximate surface area is 132 Å². The second-order valence-electron chi connectivity index (χ2n) is 6.02. The Hall–Kier alpha value is -1.53. The highest BCUT2D eigenvalue weighted by molar-refractivity contribution is 6.57. The molecule has 0 aromatic rings. The van der Waals surface area contributed by atoms with Crippen LogP contribution in [0.4, 0.5) is 4.79 Å². The Morgan fingerprint density at radius 2 is 1.82 bits per heavy atom. The van der Waals surface area contributed by atoms with Gasteiger partial charge in [0, 0.05) is 24.9 Å². The Morgan fingerprint density at radius 3 is 2.23 bits per heavy atom. The first-order valence-corrected chi connectivity index (χ1v) is 7.87. The highest BCUT2D eigenvalue weighted by Crippen LogP contribution is 2.37. The first-order valence-electron chi connectivity index (χ1n) is 7.87. The van der Waals surface area contributed by atoms with Gasteiger partial charge >= 0.3 is 5.97 Å². The number of hydrogen-bond donors (Lipinski definition) is 3. The number of carboxylic acid groups (broad SMARTS) is 1. The molecule has 0 aliphatic heterocycles. The van der Waals surface area contributed by atoms with Crippen molar-refractivity contribution in [2.75, 3.05) is 0 Å². The van der Waals surface area contributed by atoms with Gasteiger partial charge in [-0.05, 0) is 18.8 Å². The molecule has 1 rings (SSSR count). The Balaban J connectivity index is 3.06. The summed E-state index contributed by atoms with van der Waals surface area (Å²) in [6.45, 7) is 5.54. The lowest BCUT2D eigenvalue weighted by molar-refractivity contribution is -0.142. The van der Waals surface area contributed by atoms with Gasteiger partial charge in [-0.15, -0.1) is 0 Å². The summed E-state index contributed by atoms with van der Waals surface area (Å²) >= 11 is 0. The SMILES string of the molecule is [B]C(=O)N[C@H]1[C@@H]([C@H](NC(C)=O)C(CC)CC)CC[C@@H]1C(=O)O. The number of carbonyl (C=O) groups is 3. The molecule has 122 valence electrons. The molecule has 2 amide bonds. The van der Waals surface area contributed by atoms with Gasteiger partial charge in [-0.1, -0.05) is 26.7 Å². The normalized spacial score (nSPS) is 25.7. The van der Waals surface area contributed by atoms with Crippen molar-refractivity contribution < 1.29 is 19.5 Å². The smallest absolute Gasteiger partial charge is 0.308 e. The molecule has 1 aliphatic rings. The number of aliphatic carboxylic acids is 1. The quantitative estimate of drug-likeness (QED) is 0.617. The molecular formula is C15H25BN2O4. The van der Waals surface area contributed by atoms with Crippen molar-refractivity contribution in [1.29, 1.82) is 0 Å². The van der Waals surface area contributed by atoms with Crippen molar-refractivity contribution in [3.8, 4) is 0 Å². The number of amides is 2. The number of rotatable bonds is 7. The lowest BCUT2D eigenvalue weighted by atomic mass is 9.80. The third kappa shape index (κ3) is 4.48. The van der Waals surface area contributed by atoms with E-state index < -0.39 is 23.7 Å². The van der Waals surface area contributed by atoms with E-state index in [2.05, 4.69) is 10.6 Å². The van der Waals surface area contributed by atoms with E-state index in [-0.39, 0.29) is 23.8 Å². The summed E-state index contributed by atoms with van der Waals surface area (Å²) in [5, 5.41) is 14.9. The van der Waals surface area contributed by atoms with E-state index >= 15 is 0 Å². The molecule has 1 saturated carbocycles. The van der Waals surface area contributed by atoms with E-state index in [0.29, 0.717) is 12.8 Å². The number of carbonyl (C=O) groups excluding carboxylic acids is 2. The van der Waals surface area contributed by atoms with Gasteiger partial charge in [-0.3, -0.25) is 14.4 Å². The van der Waals surface area contributed by atoms with Gasteiger partial charge in [0.25, 0.3) is 0 Å². The molecule has 0 unspecified atom stereocenters. The van der Waals surface area contributed by atoms with Crippen LogP contribution in [0, 0.1) is 17.8 Å². The molecule has 22 heavy (non-hydrogen) atoms. The minimum Gasteiger partial charge on any atom is -0.481 e. The highest BCUT2D eigenvalue weighted by atomic mass is 16.4. The minimum absolute atomic E-state index is 0.123. The molecule has 2 radical (unpaired) electrons. The lowest BCUT2D eigenvalue weighted by Gasteiger charge is -2.35. The zero-order valence-corrected chi connectivity index (χ0v) is 13.5. The molecule has 0 heterocycles. The van der Waals surface area contributed by atoms with Crippen molar-refractivity contribution in [2.24, 2.45) is 17.8 Å². The fourth-order valence-corrected chi connectivity index (χ4v) is 3.69. The predicted octanol–water partition coefficient (Wildman–Crippen LogP) is 1.28. The molecule has 0 aromatic carbocycles. The van der Waals surface area contributed by atoms with E-state index in [0.717, 1.165) is 12.8 Å². The zero-order chi connectivity index (χ0) is 16.9. The number of nitrogens with one attached hydrogen (secondary N) is 2. The summed E-state index contributed by atoms with van der Waals surface area (Å²) in [5.41, 5.74) is 0. The summed E-state index contributed by atoms with van der Waals surface area (Å²) in [4.78, 5) is 34.2. The van der Waals surface area contributed by atoms with Crippen molar-refractivity contribution in [3.05, 3.63) is 0 Å². The van der Waals surface area contributed by atoms with E-state index in [1.807, 2.05) is 13.8 Å². The van der Waals surface area contributed by atoms with Gasteiger partial charge in [0.15, 0.2) is 5.81 Å². The van der Waals surface area contributed by atoms with Crippen molar-refractivity contribution in [3.63, 3.8) is 0 Å². The van der Waals surface area contributed by atoms with Crippen molar-refractivity contribution in [1.82, 2.24) is 10.6 Å². The second-order valence-corrected chi connectivity index (χ2v) is 6.02. The summed E-state index contributed by atoms with van der Waals surface area (Å²) < 4.78 is 0. The van der Waals surface area contributed by atoms with Gasteiger partial charge in [0.05, 0.1) is 5.92 Å². The topological polar surface area (TPSA) is 95.5 Å². The molecule has 0 saturated heterocycles. The summed E-state index contributed by atoms with van der Waals surface area (Å²) in [6.07, 6.45) is 2.86. The maximum absolute atomic E-state index is 11.6. The number of carboxylic acids is 1. The van der Waals surface area contributed by atoms with Crippen molar-refractivity contribution >= 4 is 25.5 Å². The minimum atomic E-state index is -0.938. The molecule has 1 aliphatic carbocycles. The standard InChI is InChI=1S/C15H25BN2O4/c1-4-9(5-2)12(17-8(3)19)10-6-7-11(14(20)21)13(10)18-15(16)22/h9-13H,4-7H2,1-3H3,(H,17,19)(H,18,22)(H,20,21)/t10-,11+,12-,13+/m1/s1. The van der Waals surface area contributed by atoms with E-state index in [4.69, 9.17) is 7.85 Å². The maximum atomic E-state index is 11.6. The molecular weight excluding hydrogens is 283 g/mol. The Morgan fingerprint density at radius 1 is 1.23 bits per heavy atom. The van der Waals surface area contributed by atoms with Gasteiger partial charge in [-0.2, -0.15) is 0 Å². The first-order chi connectivity index (χ1) is 10.3. The number of hydrogen-bond acceptors (Lipinski definition) is 3. The zero-order valence-electron chi connectivity index (χ0n) is 13.5. The van der Waals surface area contributed by atoms with Crippen molar-refractivity contribution in [2.45, 2.75) is 58.5 Å². The van der Waals surface area contributed by atoms with Gasteiger partial charge in [-0.25, -0.2) is 0 Å². The van der Waals surface area contributed by atoms with E-state index in [1.54, 1.807) is 0 Å². The average Bonchev–Trinajstić information content (AvgIpc) is 2.81. The van der Waals surface area contributed by atoms with Crippen LogP contribution in [-0.4, -0.2) is 42.7 Å². The molecule has 7 heteroatoms. The van der Waals surface area contributed by atoms with E-state index in [1.165, 1.54) is 6.92 Å². The molecule has 4 atom stereocenters. The van der Waals surface area contributed by atoms with Gasteiger partial charge in [0.1, 0.15) is 0 Å². The lowest BCUT2D eigenvalue weighted by Crippen LogP contribution is -2.53. The molecule has 6 nitrogen and oxygen atoms in total. The van der Waals surface area contributed by atoms with Crippen LogP contribution in [0.2, 0.25) is 0 Å². The molecule has 0 bridgehead atoms. The van der Waals surface area contributed by atoms with Crippen LogP contribution in [0.15, 0.2) is 0 Å². The molecule has 0 aromatic heterocycles. The fourth-order valence-electron chi connectivity index (χ4n) is 3.69.